The number of hydrogen-bond donors (Lipinski definition) is 1. The Morgan fingerprint density at radius 1 is 1.16 bits per heavy atom. The summed E-state index contributed by atoms with van der Waals surface area (Å²) in [6.45, 7) is 8.09. The first-order chi connectivity index (χ1) is 9.18. The quantitative estimate of drug-likeness (QED) is 0.796. The fourth-order valence-electron chi connectivity index (χ4n) is 3.39. The highest BCUT2D eigenvalue weighted by Crippen LogP contribution is 2.40. The summed E-state index contributed by atoms with van der Waals surface area (Å²) in [7, 11) is 0. The monoisotopic (exact) mass is 259 g/mol. The van der Waals surface area contributed by atoms with E-state index in [0.717, 1.165) is 12.6 Å². The summed E-state index contributed by atoms with van der Waals surface area (Å²) in [5.74, 6) is 0. The third kappa shape index (κ3) is 3.60. The highest BCUT2D eigenvalue weighted by molar-refractivity contribution is 5.30. The normalized spacial score (nSPS) is 26.8. The lowest BCUT2D eigenvalue weighted by Gasteiger charge is -2.25. The zero-order valence-electron chi connectivity index (χ0n) is 12.8. The van der Waals surface area contributed by atoms with Gasteiger partial charge in [0.05, 0.1) is 0 Å². The van der Waals surface area contributed by atoms with Gasteiger partial charge in [0.15, 0.2) is 0 Å². The Bertz CT molecular complexity index is 381. The molecule has 1 heteroatoms. The Balaban J connectivity index is 2.00. The van der Waals surface area contributed by atoms with E-state index in [1.54, 1.807) is 0 Å². The molecular weight excluding hydrogens is 230 g/mol. The SMILES string of the molecule is CCCNC1CCC(C)(c2ccc(CCC)cc2)C1. The Kier molecular flexibility index (Phi) is 5.04. The second kappa shape index (κ2) is 6.56. The molecule has 1 fully saturated rings. The molecule has 1 aromatic carbocycles. The first kappa shape index (κ1) is 14.6. The Labute approximate surface area is 118 Å². The molecule has 0 radical (unpaired) electrons. The largest absolute Gasteiger partial charge is 0.314 e. The molecule has 0 amide bonds. The van der Waals surface area contributed by atoms with Gasteiger partial charge in [-0.3, -0.25) is 0 Å². The van der Waals surface area contributed by atoms with Gasteiger partial charge in [-0.15, -0.1) is 0 Å². The second-order valence-corrected chi connectivity index (χ2v) is 6.40. The minimum atomic E-state index is 0.385. The van der Waals surface area contributed by atoms with Crippen LogP contribution in [-0.4, -0.2) is 12.6 Å². The minimum Gasteiger partial charge on any atom is -0.314 e. The van der Waals surface area contributed by atoms with Gasteiger partial charge in [0.25, 0.3) is 0 Å². The molecule has 0 spiro atoms. The first-order valence-corrected chi connectivity index (χ1v) is 8.00. The highest BCUT2D eigenvalue weighted by Gasteiger charge is 2.35. The van der Waals surface area contributed by atoms with Crippen LogP contribution < -0.4 is 5.32 Å². The van der Waals surface area contributed by atoms with Crippen LogP contribution >= 0.6 is 0 Å². The fraction of sp³-hybridized carbons (Fsp3) is 0.667. The Morgan fingerprint density at radius 2 is 1.89 bits per heavy atom. The van der Waals surface area contributed by atoms with Crippen molar-refractivity contribution >= 4 is 0 Å². The molecule has 2 unspecified atom stereocenters. The van der Waals surface area contributed by atoms with E-state index in [4.69, 9.17) is 0 Å². The van der Waals surface area contributed by atoms with Crippen LogP contribution in [0.1, 0.15) is 64.0 Å². The van der Waals surface area contributed by atoms with Gasteiger partial charge in [-0.05, 0) is 55.2 Å². The van der Waals surface area contributed by atoms with Gasteiger partial charge in [0, 0.05) is 6.04 Å². The van der Waals surface area contributed by atoms with Crippen LogP contribution in [-0.2, 0) is 11.8 Å². The van der Waals surface area contributed by atoms with Crippen molar-refractivity contribution < 1.29 is 0 Å². The molecule has 1 nitrogen and oxygen atoms in total. The van der Waals surface area contributed by atoms with Crippen LogP contribution in [0.2, 0.25) is 0 Å². The molecule has 0 saturated heterocycles. The molecule has 1 aliphatic rings. The van der Waals surface area contributed by atoms with Gasteiger partial charge < -0.3 is 5.32 Å². The minimum absolute atomic E-state index is 0.385. The Hall–Kier alpha value is -0.820. The summed E-state index contributed by atoms with van der Waals surface area (Å²) in [6, 6.07) is 10.1. The van der Waals surface area contributed by atoms with Gasteiger partial charge in [-0.2, -0.15) is 0 Å². The van der Waals surface area contributed by atoms with E-state index in [1.807, 2.05) is 0 Å². The molecule has 1 aliphatic carbocycles. The number of hydrogen-bond acceptors (Lipinski definition) is 1. The van der Waals surface area contributed by atoms with E-state index in [9.17, 15) is 0 Å². The third-order valence-corrected chi connectivity index (χ3v) is 4.61. The maximum absolute atomic E-state index is 3.69. The van der Waals surface area contributed by atoms with Gasteiger partial charge >= 0.3 is 0 Å². The summed E-state index contributed by atoms with van der Waals surface area (Å²) in [6.07, 6.45) is 7.62. The summed E-state index contributed by atoms with van der Waals surface area (Å²) < 4.78 is 0. The molecule has 2 atom stereocenters. The van der Waals surface area contributed by atoms with Gasteiger partial charge in [0.2, 0.25) is 0 Å². The zero-order chi connectivity index (χ0) is 13.7. The van der Waals surface area contributed by atoms with Crippen molar-refractivity contribution in [2.24, 2.45) is 0 Å². The number of nitrogens with one attached hydrogen (secondary N) is 1. The van der Waals surface area contributed by atoms with Crippen molar-refractivity contribution in [1.29, 1.82) is 0 Å². The smallest absolute Gasteiger partial charge is 0.00757 e. The summed E-state index contributed by atoms with van der Waals surface area (Å²) in [5, 5.41) is 3.69. The molecule has 0 bridgehead atoms. The van der Waals surface area contributed by atoms with Crippen molar-refractivity contribution in [3.8, 4) is 0 Å². The average molecular weight is 259 g/mol. The van der Waals surface area contributed by atoms with Gasteiger partial charge in [-0.25, -0.2) is 0 Å². The molecule has 1 saturated carbocycles. The maximum atomic E-state index is 3.69. The topological polar surface area (TPSA) is 12.0 Å². The molecule has 106 valence electrons. The zero-order valence-corrected chi connectivity index (χ0v) is 12.8. The van der Waals surface area contributed by atoms with Crippen LogP contribution in [0.4, 0.5) is 0 Å². The second-order valence-electron chi connectivity index (χ2n) is 6.40. The molecule has 19 heavy (non-hydrogen) atoms. The average Bonchev–Trinajstić information content (AvgIpc) is 2.81. The number of benzene rings is 1. The summed E-state index contributed by atoms with van der Waals surface area (Å²) >= 11 is 0. The van der Waals surface area contributed by atoms with Gasteiger partial charge in [-0.1, -0.05) is 51.5 Å². The highest BCUT2D eigenvalue weighted by atomic mass is 14.9. The van der Waals surface area contributed by atoms with Crippen LogP contribution in [0.5, 0.6) is 0 Å². The van der Waals surface area contributed by atoms with Gasteiger partial charge in [0.1, 0.15) is 0 Å². The van der Waals surface area contributed by atoms with Crippen LogP contribution in [0.25, 0.3) is 0 Å². The van der Waals surface area contributed by atoms with Crippen molar-refractivity contribution in [3.05, 3.63) is 35.4 Å². The molecule has 2 rings (SSSR count). The molecule has 0 aliphatic heterocycles. The van der Waals surface area contributed by atoms with E-state index in [1.165, 1.54) is 49.7 Å². The lowest BCUT2D eigenvalue weighted by molar-refractivity contribution is 0.452. The standard InChI is InChI=1S/C18H29N/c1-4-6-15-7-9-16(10-8-15)18(3)12-11-17(14-18)19-13-5-2/h7-10,17,19H,4-6,11-14H2,1-3H3. The Morgan fingerprint density at radius 3 is 2.53 bits per heavy atom. The first-order valence-electron chi connectivity index (χ1n) is 8.00. The van der Waals surface area contributed by atoms with E-state index in [0.29, 0.717) is 5.41 Å². The summed E-state index contributed by atoms with van der Waals surface area (Å²) in [5.41, 5.74) is 3.40. The summed E-state index contributed by atoms with van der Waals surface area (Å²) in [4.78, 5) is 0. The predicted octanol–water partition coefficient (Wildman–Crippen LogP) is 4.45. The lowest BCUT2D eigenvalue weighted by Crippen LogP contribution is -2.29. The van der Waals surface area contributed by atoms with Crippen LogP contribution in [0.3, 0.4) is 0 Å². The van der Waals surface area contributed by atoms with E-state index >= 15 is 0 Å². The molecule has 0 aromatic heterocycles. The van der Waals surface area contributed by atoms with E-state index < -0.39 is 0 Å². The molecule has 0 heterocycles. The predicted molar refractivity (Wildman–Crippen MR) is 83.7 cm³/mol. The molecule has 1 N–H and O–H groups in total. The van der Waals surface area contributed by atoms with E-state index in [2.05, 4.69) is 50.4 Å². The number of aryl methyl sites for hydroxylation is 1. The molecular formula is C18H29N. The van der Waals surface area contributed by atoms with Crippen molar-refractivity contribution in [2.45, 2.75) is 70.8 Å². The number of rotatable bonds is 6. The van der Waals surface area contributed by atoms with Crippen LogP contribution in [0.15, 0.2) is 24.3 Å². The van der Waals surface area contributed by atoms with Crippen LogP contribution in [0, 0.1) is 0 Å². The maximum Gasteiger partial charge on any atom is 0.00757 e. The molecule has 1 aromatic rings. The van der Waals surface area contributed by atoms with Crippen molar-refractivity contribution in [1.82, 2.24) is 5.32 Å². The van der Waals surface area contributed by atoms with E-state index in [-0.39, 0.29) is 0 Å². The van der Waals surface area contributed by atoms with Crippen molar-refractivity contribution in [3.63, 3.8) is 0 Å². The fourth-order valence-corrected chi connectivity index (χ4v) is 3.39. The lowest BCUT2D eigenvalue weighted by atomic mass is 9.80. The third-order valence-electron chi connectivity index (χ3n) is 4.61. The van der Waals surface area contributed by atoms with Crippen molar-refractivity contribution in [2.75, 3.05) is 6.54 Å².